The van der Waals surface area contributed by atoms with Crippen LogP contribution in [0.15, 0.2) is 177 Å². The van der Waals surface area contributed by atoms with Gasteiger partial charge in [0.15, 0.2) is 0 Å². The van der Waals surface area contributed by atoms with Crippen LogP contribution in [0.25, 0.3) is 77.2 Å². The zero-order chi connectivity index (χ0) is 58.2. The van der Waals surface area contributed by atoms with Gasteiger partial charge in [0.25, 0.3) is 0 Å². The highest BCUT2D eigenvalue weighted by Crippen LogP contribution is 2.64. The third kappa shape index (κ3) is 6.60. The minimum atomic E-state index is -0.574. The first-order valence-electron chi connectivity index (χ1n) is 30.3. The van der Waals surface area contributed by atoms with E-state index in [0.717, 1.165) is 10.0 Å². The molecule has 0 radical (unpaired) electrons. The van der Waals surface area contributed by atoms with E-state index in [1.807, 2.05) is 23.5 Å². The van der Waals surface area contributed by atoms with Crippen LogP contribution in [0.5, 0.6) is 0 Å². The quantitative estimate of drug-likeness (QED) is 0.140. The molecule has 0 amide bonds. The monoisotopic (exact) mass is 1170 g/mol. The van der Waals surface area contributed by atoms with Gasteiger partial charge < -0.3 is 9.13 Å². The predicted molar refractivity (Wildman–Crippen MR) is 367 cm³/mol. The summed E-state index contributed by atoms with van der Waals surface area (Å²) in [4.78, 5) is 5.07. The van der Waals surface area contributed by atoms with Crippen molar-refractivity contribution in [3.63, 3.8) is 0 Å². The minimum absolute atomic E-state index is 0.000760. The van der Waals surface area contributed by atoms with Crippen LogP contribution in [0, 0.1) is 0 Å². The third-order valence-electron chi connectivity index (χ3n) is 20.5. The highest BCUT2D eigenvalue weighted by atomic mass is 35.5. The molecule has 0 atom stereocenters. The summed E-state index contributed by atoms with van der Waals surface area (Å²) in [6, 6.07) is 62.8. The van der Waals surface area contributed by atoms with E-state index in [-0.39, 0.29) is 35.1 Å². The molecule has 8 heteroatoms. The second kappa shape index (κ2) is 16.4. The smallest absolute Gasteiger partial charge is 0.249 e. The summed E-state index contributed by atoms with van der Waals surface area (Å²) in [6.45, 7) is 28.2. The number of hydrogen-bond donors (Lipinski definition) is 0. The lowest BCUT2D eigenvalue weighted by Gasteiger charge is -2.36. The summed E-state index contributed by atoms with van der Waals surface area (Å²) in [5.41, 5.74) is 31.0. The van der Waals surface area contributed by atoms with Crippen LogP contribution >= 0.6 is 46.7 Å². The van der Waals surface area contributed by atoms with E-state index in [1.54, 1.807) is 0 Å². The van der Waals surface area contributed by atoms with Gasteiger partial charge in [-0.05, 0) is 183 Å². The summed E-state index contributed by atoms with van der Waals surface area (Å²) in [7, 11) is 0. The van der Waals surface area contributed by atoms with E-state index in [9.17, 15) is 0 Å². The van der Waals surface area contributed by atoms with Gasteiger partial charge in [-0.1, -0.05) is 226 Å². The first-order valence-corrected chi connectivity index (χ1v) is 32.7. The molecular weight excluding hydrogens is 1110 g/mol. The fraction of sp³-hybridized carbons (Fsp3) is 0.221. The molecule has 1 spiro atoms. The molecule has 0 saturated carbocycles. The van der Waals surface area contributed by atoms with E-state index in [1.165, 1.54) is 174 Å². The number of benzene rings is 10. The maximum atomic E-state index is 7.38. The highest BCUT2D eigenvalue weighted by Gasteiger charge is 2.54. The Morgan fingerprint density at radius 2 is 0.741 bits per heavy atom. The van der Waals surface area contributed by atoms with Gasteiger partial charge in [-0.15, -0.1) is 0 Å². The van der Waals surface area contributed by atoms with Crippen molar-refractivity contribution in [3.05, 3.63) is 212 Å². The summed E-state index contributed by atoms with van der Waals surface area (Å²) in [6.07, 6.45) is 0. The van der Waals surface area contributed by atoms with Crippen LogP contribution in [0.1, 0.15) is 128 Å². The lowest BCUT2D eigenvalue weighted by Crippen LogP contribution is -2.59. The van der Waals surface area contributed by atoms with Gasteiger partial charge in [0, 0.05) is 73.6 Å². The molecule has 85 heavy (non-hydrogen) atoms. The van der Waals surface area contributed by atoms with Gasteiger partial charge in [0.2, 0.25) is 13.4 Å². The molecule has 0 N–H and O–H groups in total. The first-order chi connectivity index (χ1) is 40.5. The van der Waals surface area contributed by atoms with Gasteiger partial charge in [-0.3, -0.25) is 0 Å². The van der Waals surface area contributed by atoms with Crippen LogP contribution in [0.3, 0.4) is 0 Å². The second-order valence-corrected chi connectivity index (χ2v) is 32.6. The van der Waals surface area contributed by atoms with Gasteiger partial charge in [0.1, 0.15) is 0 Å². The lowest BCUT2D eigenvalue weighted by atomic mass is 9.35. The standard InChI is InChI=1S/C77H62B2Cl2N2S2/c1-73(2,3)39-21-23-61-49(25-39)51-27-41(75(7,8)9)29-59-71(51)82(61)63-31-43(80)33-67-69(63)78(59)57-35-47-45-17-13-15-19-53(45)77(55(47)37-65(57)84-67)54-20-16-14-18-46(54)48-36-58-66(38-56(48)77)85-68-34-44(81)32-64-70(68)79(58)60-30-42(76(10,11)12)28-52-50-26-40(74(4,5)6)22-24-62(50)83(64)72(52)60/h13-38H,1-12H3. The molecule has 10 aromatic carbocycles. The Hall–Kier alpha value is -6.79. The Morgan fingerprint density at radius 3 is 1.14 bits per heavy atom. The minimum Gasteiger partial charge on any atom is -0.310 e. The van der Waals surface area contributed by atoms with Crippen LogP contribution < -0.4 is 32.8 Å². The van der Waals surface area contributed by atoms with Crippen LogP contribution in [0.2, 0.25) is 10.0 Å². The van der Waals surface area contributed by atoms with Crippen molar-refractivity contribution >= 4 is 137 Å². The summed E-state index contributed by atoms with van der Waals surface area (Å²) < 4.78 is 5.11. The zero-order valence-electron chi connectivity index (χ0n) is 50.1. The molecule has 0 saturated heterocycles. The average molecular weight is 1170 g/mol. The molecule has 412 valence electrons. The SMILES string of the molecule is CC(C)(C)c1ccc2c(c1)c1cc(C(C)(C)C)cc3c1n2-c1cc(Cl)cc2c1B3c1cc3c(cc1S2)C1(c2ccccc2-3)c2ccccc2-c2cc3c(cc21)Sc1cc(Cl)cc2c1B3c1cc(C(C)(C)C)cc3c4cc(C(C)(C)C)ccc4n-2c13. The molecule has 6 aliphatic rings. The Balaban J connectivity index is 0.892. The maximum absolute atomic E-state index is 7.38. The Kier molecular flexibility index (Phi) is 9.94. The van der Waals surface area contributed by atoms with Crippen molar-refractivity contribution in [3.8, 4) is 33.6 Å². The van der Waals surface area contributed by atoms with E-state index >= 15 is 0 Å². The number of aromatic nitrogens is 2. The van der Waals surface area contributed by atoms with E-state index in [2.05, 4.69) is 250 Å². The van der Waals surface area contributed by atoms with Crippen molar-refractivity contribution in [1.82, 2.24) is 9.13 Å². The molecule has 12 aromatic rings. The Bertz CT molecular complexity index is 4840. The normalized spacial score (nSPS) is 15.4. The first kappa shape index (κ1) is 51.4. The molecule has 0 fully saturated rings. The molecule has 2 nitrogen and oxygen atoms in total. The summed E-state index contributed by atoms with van der Waals surface area (Å²) in [5.74, 6) is 0. The Morgan fingerprint density at radius 1 is 0.353 bits per heavy atom. The zero-order valence-corrected chi connectivity index (χ0v) is 53.3. The molecule has 0 unspecified atom stereocenters. The molecule has 4 aliphatic heterocycles. The van der Waals surface area contributed by atoms with Gasteiger partial charge >= 0.3 is 0 Å². The fourth-order valence-corrected chi connectivity index (χ4v) is 19.4. The van der Waals surface area contributed by atoms with E-state index < -0.39 is 5.41 Å². The van der Waals surface area contributed by atoms with Gasteiger partial charge in [-0.25, -0.2) is 0 Å². The van der Waals surface area contributed by atoms with Crippen molar-refractivity contribution in [2.24, 2.45) is 0 Å². The third-order valence-corrected chi connectivity index (χ3v) is 23.2. The second-order valence-electron chi connectivity index (χ2n) is 29.5. The van der Waals surface area contributed by atoms with Crippen molar-refractivity contribution in [2.45, 2.75) is 130 Å². The fourth-order valence-electron chi connectivity index (χ4n) is 16.4. The molecular formula is C77H62B2Cl2N2S2. The predicted octanol–water partition coefficient (Wildman–Crippen LogP) is 17.3. The number of hydrogen-bond acceptors (Lipinski definition) is 2. The molecule has 0 bridgehead atoms. The molecule has 6 heterocycles. The van der Waals surface area contributed by atoms with Crippen molar-refractivity contribution in [1.29, 1.82) is 0 Å². The molecule has 2 aliphatic carbocycles. The number of fused-ring (bicyclic) bond motifs is 24. The molecule has 18 rings (SSSR count). The van der Waals surface area contributed by atoms with Crippen LogP contribution in [0.4, 0.5) is 0 Å². The summed E-state index contributed by atoms with van der Waals surface area (Å²) >= 11 is 18.6. The van der Waals surface area contributed by atoms with Crippen LogP contribution in [-0.4, -0.2) is 22.6 Å². The van der Waals surface area contributed by atoms with Gasteiger partial charge in [0.05, 0.1) is 16.4 Å². The average Bonchev–Trinajstić information content (AvgIpc) is 1.58. The van der Waals surface area contributed by atoms with Crippen LogP contribution in [-0.2, 0) is 27.1 Å². The lowest BCUT2D eigenvalue weighted by molar-refractivity contribution is 0.590. The maximum Gasteiger partial charge on any atom is 0.249 e. The number of rotatable bonds is 0. The van der Waals surface area contributed by atoms with Crippen molar-refractivity contribution in [2.75, 3.05) is 0 Å². The van der Waals surface area contributed by atoms with E-state index in [0.29, 0.717) is 0 Å². The highest BCUT2D eigenvalue weighted by molar-refractivity contribution is 8.00. The Labute approximate surface area is 517 Å². The largest absolute Gasteiger partial charge is 0.310 e. The summed E-state index contributed by atoms with van der Waals surface area (Å²) in [5, 5.41) is 6.77. The van der Waals surface area contributed by atoms with Crippen molar-refractivity contribution < 1.29 is 0 Å². The topological polar surface area (TPSA) is 9.86 Å². The molecule has 2 aromatic heterocycles. The van der Waals surface area contributed by atoms with E-state index in [4.69, 9.17) is 23.2 Å². The van der Waals surface area contributed by atoms with Gasteiger partial charge in [-0.2, -0.15) is 0 Å². The number of nitrogens with zero attached hydrogens (tertiary/aromatic N) is 2. The number of halogens is 2.